The predicted octanol–water partition coefficient (Wildman–Crippen LogP) is 0.188. The van der Waals surface area contributed by atoms with Crippen LogP contribution in [0.15, 0.2) is 30.3 Å². The number of benzene rings is 1. The summed E-state index contributed by atoms with van der Waals surface area (Å²) < 4.78 is 50.0. The lowest BCUT2D eigenvalue weighted by Gasteiger charge is -2.17. The van der Waals surface area contributed by atoms with E-state index in [1.807, 2.05) is 0 Å². The van der Waals surface area contributed by atoms with Gasteiger partial charge in [0, 0.05) is 6.42 Å². The van der Waals surface area contributed by atoms with Crippen molar-refractivity contribution in [3.8, 4) is 0 Å². The van der Waals surface area contributed by atoms with Crippen molar-refractivity contribution in [2.45, 2.75) is 25.2 Å². The van der Waals surface area contributed by atoms with Gasteiger partial charge in [0.15, 0.2) is 0 Å². The molecule has 1 aromatic rings. The molecule has 23 heavy (non-hydrogen) atoms. The summed E-state index contributed by atoms with van der Waals surface area (Å²) in [5.74, 6) is -2.98. The fourth-order valence-electron chi connectivity index (χ4n) is 1.23. The Hall–Kier alpha value is -2.11. The highest BCUT2D eigenvalue weighted by atomic mass is 32.2. The smallest absolute Gasteiger partial charge is 0.282 e. The molecule has 0 fully saturated rings. The van der Waals surface area contributed by atoms with E-state index in [1.54, 1.807) is 35.8 Å². The third-order valence-electron chi connectivity index (χ3n) is 2.49. The molecule has 0 saturated carbocycles. The Bertz CT molecular complexity index is 652. The third kappa shape index (κ3) is 5.23. The van der Waals surface area contributed by atoms with Gasteiger partial charge in [-0.25, -0.2) is 8.42 Å². The van der Waals surface area contributed by atoms with Crippen molar-refractivity contribution in [1.82, 2.24) is 15.7 Å². The summed E-state index contributed by atoms with van der Waals surface area (Å²) in [6.45, 7) is 1.10. The van der Waals surface area contributed by atoms with E-state index in [9.17, 15) is 26.8 Å². The molecular weight excluding hydrogens is 336 g/mol. The van der Waals surface area contributed by atoms with Gasteiger partial charge in [-0.3, -0.25) is 25.3 Å². The molecule has 0 saturated heterocycles. The first-order chi connectivity index (χ1) is 10.7. The zero-order valence-electron chi connectivity index (χ0n) is 12.0. The molecule has 0 aliphatic heterocycles. The van der Waals surface area contributed by atoms with Crippen LogP contribution in [-0.4, -0.2) is 25.5 Å². The molecule has 0 aliphatic rings. The number of hydrazine groups is 1. The van der Waals surface area contributed by atoms with Gasteiger partial charge < -0.3 is 0 Å². The van der Waals surface area contributed by atoms with Crippen LogP contribution in [0.5, 0.6) is 0 Å². The minimum absolute atomic E-state index is 0.0863. The van der Waals surface area contributed by atoms with Gasteiger partial charge in [-0.2, -0.15) is 8.78 Å². The fraction of sp³-hybridized carbons (Fsp3) is 0.333. The Morgan fingerprint density at radius 2 is 1.78 bits per heavy atom. The first-order valence-corrected chi connectivity index (χ1v) is 7.83. The van der Waals surface area contributed by atoms with Crippen molar-refractivity contribution in [2.24, 2.45) is 0 Å². The minimum atomic E-state index is -5.45. The van der Waals surface area contributed by atoms with Gasteiger partial charge in [0.2, 0.25) is 5.91 Å². The number of sulfonamides is 1. The highest BCUT2D eigenvalue weighted by Gasteiger charge is 2.53. The number of amides is 2. The van der Waals surface area contributed by atoms with Crippen LogP contribution in [0.25, 0.3) is 0 Å². The van der Waals surface area contributed by atoms with E-state index >= 15 is 0 Å². The molecule has 0 aromatic heterocycles. The lowest BCUT2D eigenvalue weighted by Crippen LogP contribution is -2.55. The minimum Gasteiger partial charge on any atom is -0.282 e. The van der Waals surface area contributed by atoms with Crippen molar-refractivity contribution >= 4 is 21.8 Å². The zero-order chi connectivity index (χ0) is 17.5. The van der Waals surface area contributed by atoms with Crippen LogP contribution in [-0.2, 0) is 31.1 Å². The maximum atomic E-state index is 13.6. The molecule has 3 N–H and O–H groups in total. The molecular formula is C12H15F2N3O5S. The molecule has 1 rings (SSSR count). The average Bonchev–Trinajstić information content (AvgIpc) is 2.52. The lowest BCUT2D eigenvalue weighted by molar-refractivity contribution is -0.139. The van der Waals surface area contributed by atoms with Gasteiger partial charge in [-0.05, 0) is 5.56 Å². The monoisotopic (exact) mass is 351 g/mol. The van der Waals surface area contributed by atoms with Crippen molar-refractivity contribution in [1.29, 1.82) is 0 Å². The second-order valence-corrected chi connectivity index (χ2v) is 5.92. The molecule has 1 aromatic carbocycles. The summed E-state index contributed by atoms with van der Waals surface area (Å²) in [5, 5.41) is -4.84. The van der Waals surface area contributed by atoms with E-state index in [2.05, 4.69) is 4.84 Å². The molecule has 2 amide bonds. The molecule has 0 aliphatic carbocycles. The maximum absolute atomic E-state index is 13.6. The summed E-state index contributed by atoms with van der Waals surface area (Å²) in [6.07, 6.45) is -0.0863. The van der Waals surface area contributed by atoms with E-state index < -0.39 is 27.1 Å². The van der Waals surface area contributed by atoms with Crippen molar-refractivity contribution in [3.05, 3.63) is 35.9 Å². The van der Waals surface area contributed by atoms with Crippen LogP contribution < -0.4 is 15.7 Å². The average molecular weight is 351 g/mol. The Morgan fingerprint density at radius 3 is 2.35 bits per heavy atom. The number of alkyl halides is 2. The van der Waals surface area contributed by atoms with Crippen LogP contribution in [0.3, 0.4) is 0 Å². The normalized spacial score (nSPS) is 11.8. The molecule has 128 valence electrons. The van der Waals surface area contributed by atoms with Gasteiger partial charge in [-0.1, -0.05) is 42.1 Å². The number of nitrogens with one attached hydrogen (secondary N) is 3. The molecule has 8 nitrogen and oxygen atoms in total. The molecule has 0 atom stereocenters. The van der Waals surface area contributed by atoms with Crippen LogP contribution in [0.2, 0.25) is 0 Å². The number of hydrogen-bond donors (Lipinski definition) is 3. The summed E-state index contributed by atoms with van der Waals surface area (Å²) in [4.78, 5) is 27.7. The molecule has 0 spiro atoms. The number of carbonyl (C=O) groups excluding carboxylic acids is 2. The van der Waals surface area contributed by atoms with Crippen LogP contribution in [0.4, 0.5) is 8.78 Å². The Morgan fingerprint density at radius 1 is 1.17 bits per heavy atom. The van der Waals surface area contributed by atoms with Crippen molar-refractivity contribution < 1.29 is 31.6 Å². The Balaban J connectivity index is 2.61. The van der Waals surface area contributed by atoms with Crippen LogP contribution >= 0.6 is 0 Å². The highest BCUT2D eigenvalue weighted by molar-refractivity contribution is 7.91. The van der Waals surface area contributed by atoms with E-state index in [0.717, 1.165) is 0 Å². The third-order valence-corrected chi connectivity index (χ3v) is 3.69. The fourth-order valence-corrected chi connectivity index (χ4v) is 1.84. The Kier molecular flexibility index (Phi) is 6.54. The van der Waals surface area contributed by atoms with Gasteiger partial charge in [0.1, 0.15) is 0 Å². The number of hydrogen-bond acceptors (Lipinski definition) is 5. The van der Waals surface area contributed by atoms with E-state index in [1.165, 1.54) is 17.2 Å². The number of halogens is 2. The van der Waals surface area contributed by atoms with Gasteiger partial charge in [0.05, 0.1) is 6.61 Å². The maximum Gasteiger partial charge on any atom is 0.438 e. The summed E-state index contributed by atoms with van der Waals surface area (Å²) in [6, 6.07) is 8.16. The van der Waals surface area contributed by atoms with Crippen LogP contribution in [0.1, 0.15) is 18.9 Å². The van der Waals surface area contributed by atoms with Crippen LogP contribution in [0, 0.1) is 0 Å². The first-order valence-electron chi connectivity index (χ1n) is 6.35. The standard InChI is InChI=1S/C12H15F2N3O5S/c1-2-10(18)15-16-11(19)12(13,14)23(20,21)17-22-8-9-6-4-3-5-7-9/h3-7,17H,2,8H2,1H3,(H,15,18)(H,16,19). The SMILES string of the molecule is CCC(=O)NNC(=O)C(F)(F)S(=O)(=O)NOCc1ccccc1. The van der Waals surface area contributed by atoms with Gasteiger partial charge >= 0.3 is 21.2 Å². The summed E-state index contributed by atoms with van der Waals surface area (Å²) >= 11 is 0. The van der Waals surface area contributed by atoms with Gasteiger partial charge in [-0.15, -0.1) is 0 Å². The summed E-state index contributed by atoms with van der Waals surface area (Å²) in [7, 11) is -5.45. The van der Waals surface area contributed by atoms with E-state index in [-0.39, 0.29) is 13.0 Å². The highest BCUT2D eigenvalue weighted by Crippen LogP contribution is 2.20. The first kappa shape index (κ1) is 18.9. The quantitative estimate of drug-likeness (QED) is 0.607. The molecule has 11 heteroatoms. The van der Waals surface area contributed by atoms with Gasteiger partial charge in [0.25, 0.3) is 0 Å². The lowest BCUT2D eigenvalue weighted by atomic mass is 10.2. The second kappa shape index (κ2) is 7.94. The Labute approximate surface area is 131 Å². The molecule has 0 radical (unpaired) electrons. The van der Waals surface area contributed by atoms with Crippen molar-refractivity contribution in [2.75, 3.05) is 0 Å². The summed E-state index contributed by atoms with van der Waals surface area (Å²) in [5.41, 5.74) is 3.49. The van der Waals surface area contributed by atoms with E-state index in [4.69, 9.17) is 0 Å². The molecule has 0 unspecified atom stereocenters. The predicted molar refractivity (Wildman–Crippen MR) is 74.8 cm³/mol. The van der Waals surface area contributed by atoms with E-state index in [0.29, 0.717) is 5.56 Å². The van der Waals surface area contributed by atoms with Crippen molar-refractivity contribution in [3.63, 3.8) is 0 Å². The molecule has 0 bridgehead atoms. The number of carbonyl (C=O) groups is 2. The zero-order valence-corrected chi connectivity index (χ0v) is 12.8. The molecule has 0 heterocycles. The largest absolute Gasteiger partial charge is 0.438 e. The number of rotatable bonds is 7. The topological polar surface area (TPSA) is 114 Å². The second-order valence-electron chi connectivity index (χ2n) is 4.23.